The quantitative estimate of drug-likeness (QED) is 0.690. The van der Waals surface area contributed by atoms with E-state index in [1.165, 1.54) is 0 Å². The first kappa shape index (κ1) is 21.2. The molecule has 1 aromatic rings. The molecule has 0 aliphatic carbocycles. The summed E-state index contributed by atoms with van der Waals surface area (Å²) < 4.78 is 0. The van der Waals surface area contributed by atoms with Gasteiger partial charge in [0.15, 0.2) is 0 Å². The summed E-state index contributed by atoms with van der Waals surface area (Å²) >= 11 is 0. The summed E-state index contributed by atoms with van der Waals surface area (Å²) in [7, 11) is 0. The number of rotatable bonds is 5. The Hall–Kier alpha value is -2.12. The van der Waals surface area contributed by atoms with Crippen molar-refractivity contribution in [3.63, 3.8) is 0 Å². The molecule has 27 heavy (non-hydrogen) atoms. The van der Waals surface area contributed by atoms with Gasteiger partial charge in [-0.05, 0) is 56.3 Å². The van der Waals surface area contributed by atoms with Crippen molar-refractivity contribution in [1.29, 1.82) is 0 Å². The van der Waals surface area contributed by atoms with Gasteiger partial charge < -0.3 is 21.3 Å². The smallest absolute Gasteiger partial charge is 0.253 e. The van der Waals surface area contributed by atoms with Crippen LogP contribution in [0.2, 0.25) is 0 Å². The number of amides is 3. The molecule has 0 spiro atoms. The summed E-state index contributed by atoms with van der Waals surface area (Å²) in [6, 6.07) is 6.44. The first-order valence-corrected chi connectivity index (χ1v) is 9.25. The molecular weight excluding hydrogens is 368 g/mol. The monoisotopic (exact) mass is 394 g/mol. The molecule has 2 aliphatic heterocycles. The Bertz CT molecular complexity index is 691. The Balaban J connectivity index is 0.00000261. The van der Waals surface area contributed by atoms with Gasteiger partial charge in [0.05, 0.1) is 6.04 Å². The van der Waals surface area contributed by atoms with Crippen LogP contribution < -0.4 is 16.4 Å². The first-order chi connectivity index (χ1) is 12.5. The van der Waals surface area contributed by atoms with Gasteiger partial charge >= 0.3 is 0 Å². The average molecular weight is 395 g/mol. The number of hydrogen-bond acceptors (Lipinski definition) is 4. The van der Waals surface area contributed by atoms with Gasteiger partial charge in [0, 0.05) is 30.8 Å². The zero-order valence-corrected chi connectivity index (χ0v) is 16.1. The number of nitrogens with one attached hydrogen (secondary N) is 2. The van der Waals surface area contributed by atoms with Crippen LogP contribution in [-0.2, 0) is 4.79 Å². The van der Waals surface area contributed by atoms with Crippen molar-refractivity contribution in [2.45, 2.75) is 31.7 Å². The Morgan fingerprint density at radius 2 is 1.96 bits per heavy atom. The summed E-state index contributed by atoms with van der Waals surface area (Å²) in [6.07, 6.45) is 3.82. The van der Waals surface area contributed by atoms with E-state index >= 15 is 0 Å². The molecule has 0 radical (unpaired) electrons. The standard InChI is InChI=1S/C19H26N4O3.ClH/c20-17(24)14-5-1-6-15(10-14)19(26)23-9-3-4-13(12-23)11-22-18(25)16-7-2-8-21-16;/h1,5-6,10,13,16,21H,2-4,7-9,11-12H2,(H2,20,24)(H,22,25);1H. The molecule has 0 bridgehead atoms. The van der Waals surface area contributed by atoms with Crippen LogP contribution in [0.15, 0.2) is 24.3 Å². The van der Waals surface area contributed by atoms with E-state index in [1.807, 2.05) is 0 Å². The minimum Gasteiger partial charge on any atom is -0.366 e. The van der Waals surface area contributed by atoms with Crippen LogP contribution in [0.3, 0.4) is 0 Å². The summed E-state index contributed by atoms with van der Waals surface area (Å²) in [4.78, 5) is 38.0. The number of halogens is 1. The highest BCUT2D eigenvalue weighted by molar-refractivity contribution is 5.99. The number of carbonyl (C=O) groups is 3. The Labute approximate surface area is 165 Å². The van der Waals surface area contributed by atoms with Crippen molar-refractivity contribution in [3.8, 4) is 0 Å². The lowest BCUT2D eigenvalue weighted by Crippen LogP contribution is -2.46. The summed E-state index contributed by atoms with van der Waals surface area (Å²) in [5, 5.41) is 6.21. The molecule has 4 N–H and O–H groups in total. The normalized spacial score (nSPS) is 22.0. The third kappa shape index (κ3) is 5.43. The fourth-order valence-electron chi connectivity index (χ4n) is 3.68. The van der Waals surface area contributed by atoms with E-state index in [9.17, 15) is 14.4 Å². The van der Waals surface area contributed by atoms with Crippen LogP contribution >= 0.6 is 12.4 Å². The van der Waals surface area contributed by atoms with Crippen LogP contribution in [0.4, 0.5) is 0 Å². The maximum atomic E-state index is 12.7. The molecule has 0 saturated carbocycles. The second-order valence-corrected chi connectivity index (χ2v) is 7.10. The van der Waals surface area contributed by atoms with Crippen molar-refractivity contribution < 1.29 is 14.4 Å². The van der Waals surface area contributed by atoms with E-state index in [0.29, 0.717) is 30.8 Å². The molecule has 2 unspecified atom stereocenters. The zero-order valence-electron chi connectivity index (χ0n) is 15.3. The molecule has 2 heterocycles. The van der Waals surface area contributed by atoms with E-state index in [1.54, 1.807) is 29.2 Å². The molecule has 2 saturated heterocycles. The van der Waals surface area contributed by atoms with E-state index in [-0.39, 0.29) is 36.2 Å². The summed E-state index contributed by atoms with van der Waals surface area (Å²) in [5.74, 6) is -0.335. The topological polar surface area (TPSA) is 105 Å². The van der Waals surface area contributed by atoms with Crippen molar-refractivity contribution in [1.82, 2.24) is 15.5 Å². The molecule has 8 heteroatoms. The molecule has 2 fully saturated rings. The molecular formula is C19H27ClN4O3. The summed E-state index contributed by atoms with van der Waals surface area (Å²) in [6.45, 7) is 2.78. The average Bonchev–Trinajstić information content (AvgIpc) is 3.20. The van der Waals surface area contributed by atoms with Crippen molar-refractivity contribution in [2.75, 3.05) is 26.2 Å². The van der Waals surface area contributed by atoms with E-state index in [0.717, 1.165) is 32.2 Å². The van der Waals surface area contributed by atoms with E-state index in [4.69, 9.17) is 5.73 Å². The molecule has 148 valence electrons. The van der Waals surface area contributed by atoms with Crippen molar-refractivity contribution in [3.05, 3.63) is 35.4 Å². The number of carbonyl (C=O) groups excluding carboxylic acids is 3. The van der Waals surface area contributed by atoms with Gasteiger partial charge in [0.25, 0.3) is 5.91 Å². The van der Waals surface area contributed by atoms with Gasteiger partial charge in [-0.15, -0.1) is 12.4 Å². The number of nitrogens with zero attached hydrogens (tertiary/aromatic N) is 1. The van der Waals surface area contributed by atoms with Gasteiger partial charge in [-0.3, -0.25) is 14.4 Å². The molecule has 3 amide bonds. The van der Waals surface area contributed by atoms with Crippen LogP contribution in [-0.4, -0.2) is 54.8 Å². The van der Waals surface area contributed by atoms with Crippen molar-refractivity contribution >= 4 is 30.1 Å². The zero-order chi connectivity index (χ0) is 18.5. The number of likely N-dealkylation sites (tertiary alicyclic amines) is 1. The fourth-order valence-corrected chi connectivity index (χ4v) is 3.68. The number of piperidine rings is 1. The Morgan fingerprint density at radius 3 is 2.67 bits per heavy atom. The predicted molar refractivity (Wildman–Crippen MR) is 105 cm³/mol. The Kier molecular flexibility index (Phi) is 7.62. The Morgan fingerprint density at radius 1 is 1.19 bits per heavy atom. The molecule has 2 atom stereocenters. The highest BCUT2D eigenvalue weighted by atomic mass is 35.5. The minimum absolute atomic E-state index is 0. The minimum atomic E-state index is -0.542. The van der Waals surface area contributed by atoms with Gasteiger partial charge in [-0.2, -0.15) is 0 Å². The summed E-state index contributed by atoms with van der Waals surface area (Å²) in [5.41, 5.74) is 6.10. The second kappa shape index (κ2) is 9.71. The SMILES string of the molecule is Cl.NC(=O)c1cccc(C(=O)N2CCCC(CNC(=O)C3CCCN3)C2)c1. The van der Waals surface area contributed by atoms with E-state index in [2.05, 4.69) is 10.6 Å². The van der Waals surface area contributed by atoms with Crippen molar-refractivity contribution in [2.24, 2.45) is 11.7 Å². The second-order valence-electron chi connectivity index (χ2n) is 7.10. The number of primary amides is 1. The van der Waals surface area contributed by atoms with Gasteiger partial charge in [-0.25, -0.2) is 0 Å². The fraction of sp³-hybridized carbons (Fsp3) is 0.526. The molecule has 1 aromatic carbocycles. The van der Waals surface area contributed by atoms with Gasteiger partial charge in [-0.1, -0.05) is 6.07 Å². The third-order valence-electron chi connectivity index (χ3n) is 5.14. The molecule has 2 aliphatic rings. The van der Waals surface area contributed by atoms with Gasteiger partial charge in [0.1, 0.15) is 0 Å². The van der Waals surface area contributed by atoms with Crippen LogP contribution in [0.1, 0.15) is 46.4 Å². The van der Waals surface area contributed by atoms with Crippen LogP contribution in [0, 0.1) is 5.92 Å². The number of hydrogen-bond donors (Lipinski definition) is 3. The number of benzene rings is 1. The lowest BCUT2D eigenvalue weighted by atomic mass is 9.97. The van der Waals surface area contributed by atoms with Crippen LogP contribution in [0.25, 0.3) is 0 Å². The maximum Gasteiger partial charge on any atom is 0.253 e. The largest absolute Gasteiger partial charge is 0.366 e. The van der Waals surface area contributed by atoms with E-state index < -0.39 is 5.91 Å². The predicted octanol–water partition coefficient (Wildman–Crippen LogP) is 0.928. The highest BCUT2D eigenvalue weighted by Gasteiger charge is 2.27. The maximum absolute atomic E-state index is 12.7. The highest BCUT2D eigenvalue weighted by Crippen LogP contribution is 2.19. The third-order valence-corrected chi connectivity index (χ3v) is 5.14. The lowest BCUT2D eigenvalue weighted by molar-refractivity contribution is -0.123. The van der Waals surface area contributed by atoms with Crippen LogP contribution in [0.5, 0.6) is 0 Å². The van der Waals surface area contributed by atoms with Gasteiger partial charge in [0.2, 0.25) is 11.8 Å². The molecule has 0 aromatic heterocycles. The first-order valence-electron chi connectivity index (χ1n) is 9.25. The molecule has 3 rings (SSSR count). The number of nitrogens with two attached hydrogens (primary N) is 1. The molecule has 7 nitrogen and oxygen atoms in total. The lowest BCUT2D eigenvalue weighted by Gasteiger charge is -2.33.